The van der Waals surface area contributed by atoms with E-state index in [1.807, 2.05) is 37.8 Å². The fourth-order valence-corrected chi connectivity index (χ4v) is 4.62. The molecule has 0 bridgehead atoms. The smallest absolute Gasteiger partial charge is 0.131 e. The molecule has 0 aliphatic carbocycles. The van der Waals surface area contributed by atoms with Gasteiger partial charge in [0.15, 0.2) is 0 Å². The maximum Gasteiger partial charge on any atom is 0.131 e. The zero-order chi connectivity index (χ0) is 21.8. The summed E-state index contributed by atoms with van der Waals surface area (Å²) in [5, 5.41) is 8.04. The summed E-state index contributed by atoms with van der Waals surface area (Å²) in [6.45, 7) is 8.87. The van der Waals surface area contributed by atoms with Crippen molar-refractivity contribution >= 4 is 10.9 Å². The number of halogens is 3. The second-order valence-corrected chi connectivity index (χ2v) is 9.36. The highest BCUT2D eigenvalue weighted by molar-refractivity contribution is 5.83. The average molecular weight is 416 g/mol. The first-order valence-corrected chi connectivity index (χ1v) is 10.4. The van der Waals surface area contributed by atoms with Gasteiger partial charge in [-0.2, -0.15) is 5.10 Å². The third-order valence-electron chi connectivity index (χ3n) is 6.06. The van der Waals surface area contributed by atoms with E-state index >= 15 is 8.78 Å². The zero-order valence-electron chi connectivity index (χ0n) is 18.1. The van der Waals surface area contributed by atoms with Gasteiger partial charge < -0.3 is 0 Å². The Balaban J connectivity index is 1.96. The highest BCUT2D eigenvalue weighted by Gasteiger charge is 2.39. The first-order valence-electron chi connectivity index (χ1n) is 10.4. The first kappa shape index (κ1) is 20.9. The number of hydrogen-bond donors (Lipinski definition) is 1. The minimum Gasteiger partial charge on any atom is -0.286 e. The molecular formula is C24H28F3N3. The van der Waals surface area contributed by atoms with E-state index in [4.69, 9.17) is 0 Å². The summed E-state index contributed by atoms with van der Waals surface area (Å²) in [5.74, 6) is -1.16. The van der Waals surface area contributed by atoms with Gasteiger partial charge in [0.05, 0.1) is 17.8 Å². The van der Waals surface area contributed by atoms with Crippen LogP contribution in [0.1, 0.15) is 68.8 Å². The van der Waals surface area contributed by atoms with Crippen molar-refractivity contribution in [3.8, 4) is 0 Å². The molecule has 0 unspecified atom stereocenters. The van der Waals surface area contributed by atoms with Crippen LogP contribution in [0, 0.1) is 11.6 Å². The monoisotopic (exact) mass is 415 g/mol. The molecule has 1 aromatic heterocycles. The van der Waals surface area contributed by atoms with E-state index < -0.39 is 23.3 Å². The van der Waals surface area contributed by atoms with Gasteiger partial charge in [-0.3, -0.25) is 10.00 Å². The minimum atomic E-state index is -1.51. The Kier molecular flexibility index (Phi) is 5.17. The summed E-state index contributed by atoms with van der Waals surface area (Å²) in [6, 6.07) is 5.79. The maximum absolute atomic E-state index is 15.4. The van der Waals surface area contributed by atoms with Crippen molar-refractivity contribution in [1.29, 1.82) is 0 Å². The van der Waals surface area contributed by atoms with Gasteiger partial charge in [-0.05, 0) is 68.0 Å². The van der Waals surface area contributed by atoms with Crippen LogP contribution < -0.4 is 0 Å². The van der Waals surface area contributed by atoms with E-state index in [0.717, 1.165) is 22.0 Å². The van der Waals surface area contributed by atoms with Crippen molar-refractivity contribution in [2.75, 3.05) is 6.54 Å². The van der Waals surface area contributed by atoms with Crippen LogP contribution in [0.25, 0.3) is 10.9 Å². The molecular weight excluding hydrogens is 387 g/mol. The van der Waals surface area contributed by atoms with Gasteiger partial charge in [-0.25, -0.2) is 13.2 Å². The summed E-state index contributed by atoms with van der Waals surface area (Å²) in [4.78, 5) is 1.89. The minimum absolute atomic E-state index is 0.00653. The Hall–Kier alpha value is -2.34. The number of rotatable bonds is 4. The van der Waals surface area contributed by atoms with E-state index in [1.54, 1.807) is 6.20 Å². The third-order valence-corrected chi connectivity index (χ3v) is 6.06. The van der Waals surface area contributed by atoms with E-state index in [1.165, 1.54) is 26.0 Å². The van der Waals surface area contributed by atoms with E-state index in [2.05, 4.69) is 10.2 Å². The van der Waals surface area contributed by atoms with Crippen LogP contribution in [0.5, 0.6) is 0 Å². The van der Waals surface area contributed by atoms with Crippen molar-refractivity contribution in [3.05, 3.63) is 64.4 Å². The molecule has 30 heavy (non-hydrogen) atoms. The quantitative estimate of drug-likeness (QED) is 0.563. The molecule has 1 aliphatic heterocycles. The van der Waals surface area contributed by atoms with E-state index in [-0.39, 0.29) is 24.1 Å². The number of H-pyrrole nitrogens is 1. The second kappa shape index (κ2) is 7.41. The molecule has 4 rings (SSSR count). The molecule has 0 fully saturated rings. The summed E-state index contributed by atoms with van der Waals surface area (Å²) in [7, 11) is 0. The van der Waals surface area contributed by atoms with Gasteiger partial charge in [-0.1, -0.05) is 19.9 Å². The van der Waals surface area contributed by atoms with E-state index in [0.29, 0.717) is 12.0 Å². The normalized spacial score (nSPS) is 20.2. The van der Waals surface area contributed by atoms with Crippen LogP contribution in [-0.4, -0.2) is 33.4 Å². The highest BCUT2D eigenvalue weighted by atomic mass is 19.1. The van der Waals surface area contributed by atoms with Crippen LogP contribution in [-0.2, 0) is 6.42 Å². The molecule has 6 heteroatoms. The molecule has 1 N–H and O–H groups in total. The number of aromatic amines is 1. The van der Waals surface area contributed by atoms with Crippen LogP contribution in [0.4, 0.5) is 13.2 Å². The predicted molar refractivity (Wildman–Crippen MR) is 113 cm³/mol. The maximum atomic E-state index is 15.4. The average Bonchev–Trinajstić information content (AvgIpc) is 3.11. The summed E-state index contributed by atoms with van der Waals surface area (Å²) >= 11 is 0. The molecule has 3 aromatic rings. The van der Waals surface area contributed by atoms with Crippen LogP contribution in [0.3, 0.4) is 0 Å². The summed E-state index contributed by atoms with van der Waals surface area (Å²) < 4.78 is 45.5. The number of nitrogens with one attached hydrogen (secondary N) is 1. The van der Waals surface area contributed by atoms with Crippen molar-refractivity contribution in [1.82, 2.24) is 15.1 Å². The number of benzene rings is 2. The van der Waals surface area contributed by atoms with Crippen molar-refractivity contribution in [2.24, 2.45) is 0 Å². The number of fused-ring (bicyclic) bond motifs is 3. The highest BCUT2D eigenvalue weighted by Crippen LogP contribution is 2.43. The molecule has 0 spiro atoms. The third kappa shape index (κ3) is 3.62. The van der Waals surface area contributed by atoms with Gasteiger partial charge in [0.2, 0.25) is 0 Å². The molecule has 2 atom stereocenters. The van der Waals surface area contributed by atoms with Crippen LogP contribution >= 0.6 is 0 Å². The molecule has 1 aliphatic rings. The Labute approximate surface area is 175 Å². The fraction of sp³-hybridized carbons (Fsp3) is 0.458. The first-order chi connectivity index (χ1) is 14.1. The van der Waals surface area contributed by atoms with E-state index in [9.17, 15) is 4.39 Å². The van der Waals surface area contributed by atoms with Gasteiger partial charge in [0.25, 0.3) is 0 Å². The second-order valence-electron chi connectivity index (χ2n) is 9.36. The fourth-order valence-electron chi connectivity index (χ4n) is 4.62. The molecule has 0 saturated carbocycles. The van der Waals surface area contributed by atoms with Crippen molar-refractivity contribution in [2.45, 2.75) is 64.7 Å². The molecule has 0 radical (unpaired) electrons. The van der Waals surface area contributed by atoms with Crippen molar-refractivity contribution in [3.63, 3.8) is 0 Å². The van der Waals surface area contributed by atoms with Crippen LogP contribution in [0.15, 0.2) is 30.5 Å². The Morgan fingerprint density at radius 2 is 1.87 bits per heavy atom. The number of aromatic nitrogens is 2. The number of nitrogens with zero attached hydrogens (tertiary/aromatic N) is 2. The number of alkyl halides is 1. The van der Waals surface area contributed by atoms with Crippen LogP contribution in [0.2, 0.25) is 0 Å². The topological polar surface area (TPSA) is 31.9 Å². The molecule has 2 aromatic carbocycles. The number of hydrogen-bond acceptors (Lipinski definition) is 2. The lowest BCUT2D eigenvalue weighted by molar-refractivity contribution is 0.0655. The molecule has 0 amide bonds. The molecule has 160 valence electrons. The Morgan fingerprint density at radius 3 is 2.47 bits per heavy atom. The van der Waals surface area contributed by atoms with Gasteiger partial charge in [-0.15, -0.1) is 0 Å². The lowest BCUT2D eigenvalue weighted by Gasteiger charge is -2.44. The molecule has 3 nitrogen and oxygen atoms in total. The Bertz CT molecular complexity index is 1060. The molecule has 0 saturated heterocycles. The van der Waals surface area contributed by atoms with Gasteiger partial charge in [0, 0.05) is 23.5 Å². The Morgan fingerprint density at radius 1 is 1.20 bits per heavy atom. The molecule has 2 heterocycles. The SMILES string of the molecule is CC(C)c1cc(F)c([C@@H]2c3ccc4[nH]ncc4c3C[C@@H](C)N2CC(C)(C)F)c(F)c1. The van der Waals surface area contributed by atoms with Crippen molar-refractivity contribution < 1.29 is 13.2 Å². The lowest BCUT2D eigenvalue weighted by atomic mass is 9.82. The predicted octanol–water partition coefficient (Wildman–Crippen LogP) is 6.05. The zero-order valence-corrected chi connectivity index (χ0v) is 18.1. The largest absolute Gasteiger partial charge is 0.286 e. The van der Waals surface area contributed by atoms with Gasteiger partial charge >= 0.3 is 0 Å². The summed E-state index contributed by atoms with van der Waals surface area (Å²) in [6.07, 6.45) is 2.41. The van der Waals surface area contributed by atoms with Gasteiger partial charge in [0.1, 0.15) is 17.3 Å². The summed E-state index contributed by atoms with van der Waals surface area (Å²) in [5.41, 5.74) is 1.80. The standard InChI is InChI=1S/C24H28F3N3/c1-13(2)15-9-19(25)22(20(26)10-15)23-16-6-7-21-18(11-28-29-21)17(16)8-14(3)30(23)12-24(4,5)27/h6-7,9-11,13-14,23H,8,12H2,1-5H3,(H,28,29)/t14-,23+/m1/s1. The lowest BCUT2D eigenvalue weighted by Crippen LogP contribution is -2.48.